The molecule has 9 rings (SSSR count). The molecule has 0 atom stereocenters. The van der Waals surface area contributed by atoms with Crippen LogP contribution < -0.4 is 0 Å². The van der Waals surface area contributed by atoms with E-state index in [4.69, 9.17) is 23.6 Å². The van der Waals surface area contributed by atoms with Crippen LogP contribution in [0.25, 0.3) is 87.3 Å². The first kappa shape index (κ1) is 12.0. The van der Waals surface area contributed by atoms with Crippen LogP contribution in [0.4, 0.5) is 0 Å². The minimum Gasteiger partial charge on any atom is -0.456 e. The van der Waals surface area contributed by atoms with Gasteiger partial charge in [-0.3, -0.25) is 0 Å². The molecule has 0 unspecified atom stereocenters. The Bertz CT molecular complexity index is 3340. The third-order valence-electron chi connectivity index (χ3n) is 7.47. The summed E-state index contributed by atoms with van der Waals surface area (Å²) in [6.45, 7) is 0. The predicted octanol–water partition coefficient (Wildman–Crippen LogP) is 11.5. The van der Waals surface area contributed by atoms with Crippen LogP contribution in [0.3, 0.4) is 0 Å². The van der Waals surface area contributed by atoms with Crippen molar-refractivity contribution in [2.75, 3.05) is 0 Å². The van der Waals surface area contributed by atoms with Gasteiger partial charge in [-0.25, -0.2) is 0 Å². The van der Waals surface area contributed by atoms with Crippen molar-refractivity contribution < 1.29 is 26.3 Å². The normalized spacial score (nSPS) is 17.4. The quantitative estimate of drug-likeness (QED) is 0.158. The van der Waals surface area contributed by atoms with E-state index in [0.29, 0.717) is 43.8 Å². The van der Waals surface area contributed by atoms with Gasteiger partial charge in [-0.15, -0.1) is 0 Å². The van der Waals surface area contributed by atoms with Crippen molar-refractivity contribution in [3.63, 3.8) is 0 Å². The maximum Gasteiger partial charge on any atom is 0.136 e. The van der Waals surface area contributed by atoms with E-state index < -0.39 is 84.6 Å². The summed E-state index contributed by atoms with van der Waals surface area (Å²) >= 11 is 0. The highest BCUT2D eigenvalue weighted by molar-refractivity contribution is 6.25. The number of furan rings is 1. The molecule has 1 heteroatoms. The molecule has 41 heavy (non-hydrogen) atoms. The van der Waals surface area contributed by atoms with Crippen molar-refractivity contribution in [2.24, 2.45) is 0 Å². The third kappa shape index (κ3) is 3.30. The zero-order chi connectivity index (χ0) is 40.8. The molecular formula is C40H24O. The van der Waals surface area contributed by atoms with Crippen molar-refractivity contribution in [1.82, 2.24) is 0 Å². The molecule has 0 spiro atoms. The van der Waals surface area contributed by atoms with Crippen molar-refractivity contribution in [3.8, 4) is 22.3 Å². The number of hydrogen-bond acceptors (Lipinski definition) is 1. The Hall–Kier alpha value is -5.40. The molecule has 1 nitrogen and oxygen atoms in total. The monoisotopic (exact) mass is 536 g/mol. The lowest BCUT2D eigenvalue weighted by molar-refractivity contribution is 0.669. The van der Waals surface area contributed by atoms with Crippen molar-refractivity contribution in [1.29, 1.82) is 0 Å². The maximum absolute atomic E-state index is 9.43. The predicted molar refractivity (Wildman–Crippen MR) is 175 cm³/mol. The van der Waals surface area contributed by atoms with Crippen LogP contribution >= 0.6 is 0 Å². The van der Waals surface area contributed by atoms with E-state index in [1.807, 2.05) is 0 Å². The molecule has 0 saturated heterocycles. The van der Waals surface area contributed by atoms with E-state index in [-0.39, 0.29) is 55.5 Å². The lowest BCUT2D eigenvalue weighted by Gasteiger charge is -2.15. The fraction of sp³-hybridized carbons (Fsp3) is 0. The molecule has 1 heterocycles. The largest absolute Gasteiger partial charge is 0.456 e. The highest BCUT2D eigenvalue weighted by Crippen LogP contribution is 2.45. The van der Waals surface area contributed by atoms with Crippen molar-refractivity contribution in [3.05, 3.63) is 145 Å². The minimum absolute atomic E-state index is 0.00434. The lowest BCUT2D eigenvalue weighted by atomic mass is 9.88. The lowest BCUT2D eigenvalue weighted by Crippen LogP contribution is -1.88. The average molecular weight is 537 g/mol. The second-order valence-corrected chi connectivity index (χ2v) is 9.66. The van der Waals surface area contributed by atoms with Crippen LogP contribution in [0.15, 0.2) is 150 Å². The SMILES string of the molecule is [2H]c1c([2H])c([2H])c(-c2cccc3cc4c(cc23)oc2cccc(-c3c5c([2H])c([2H])c([2H])c([2H])c5c([2H])c5c3c([2H])c([2H])c3c([2H])c([2H])c([2H])c([2H])c35)c24)c([2H])c1[2H]. The van der Waals surface area contributed by atoms with Crippen LogP contribution in [0.2, 0.25) is 0 Å². The van der Waals surface area contributed by atoms with Gasteiger partial charge in [0.2, 0.25) is 0 Å². The Labute approximate surface area is 259 Å². The molecule has 0 bridgehead atoms. The highest BCUT2D eigenvalue weighted by Gasteiger charge is 2.19. The molecule has 0 aliphatic heterocycles. The van der Waals surface area contributed by atoms with Gasteiger partial charge in [-0.1, -0.05) is 121 Å². The van der Waals surface area contributed by atoms with E-state index >= 15 is 0 Å². The Kier molecular flexibility index (Phi) is 2.50. The zero-order valence-electron chi connectivity index (χ0n) is 37.0. The topological polar surface area (TPSA) is 13.1 Å². The van der Waals surface area contributed by atoms with Gasteiger partial charge < -0.3 is 4.42 Å². The first-order chi connectivity index (χ1) is 27.0. The van der Waals surface area contributed by atoms with Crippen LogP contribution in [0.5, 0.6) is 0 Å². The van der Waals surface area contributed by atoms with Crippen molar-refractivity contribution >= 4 is 65.0 Å². The molecule has 0 amide bonds. The maximum atomic E-state index is 9.43. The Morgan fingerprint density at radius 1 is 0.463 bits per heavy atom. The summed E-state index contributed by atoms with van der Waals surface area (Å²) in [5, 5.41) is 0.847. The summed E-state index contributed by atoms with van der Waals surface area (Å²) < 4.78 is 146. The summed E-state index contributed by atoms with van der Waals surface area (Å²) in [4.78, 5) is 0. The number of hydrogen-bond donors (Lipinski definition) is 0. The van der Waals surface area contributed by atoms with Gasteiger partial charge in [-0.05, 0) is 89.6 Å². The minimum atomic E-state index is -0.639. The second kappa shape index (κ2) is 8.55. The number of rotatable bonds is 2. The average Bonchev–Trinajstić information content (AvgIpc) is 3.57. The number of fused-ring (bicyclic) bond motifs is 8. The van der Waals surface area contributed by atoms with Gasteiger partial charge >= 0.3 is 0 Å². The first-order valence-electron chi connectivity index (χ1n) is 20.8. The summed E-state index contributed by atoms with van der Waals surface area (Å²) in [5.74, 6) is 0. The summed E-state index contributed by atoms with van der Waals surface area (Å²) in [6, 6.07) is 4.97. The fourth-order valence-electron chi connectivity index (χ4n) is 5.74. The van der Waals surface area contributed by atoms with Crippen molar-refractivity contribution in [2.45, 2.75) is 0 Å². The third-order valence-corrected chi connectivity index (χ3v) is 7.47. The molecule has 0 aliphatic carbocycles. The Balaban J connectivity index is 1.50. The molecule has 0 fully saturated rings. The second-order valence-electron chi connectivity index (χ2n) is 9.66. The first-order valence-corrected chi connectivity index (χ1v) is 12.8. The summed E-state index contributed by atoms with van der Waals surface area (Å²) in [6.07, 6.45) is 0. The zero-order valence-corrected chi connectivity index (χ0v) is 21.0. The fourth-order valence-corrected chi connectivity index (χ4v) is 5.74. The van der Waals surface area contributed by atoms with Crippen LogP contribution in [0, 0.1) is 0 Å². The molecule has 0 saturated carbocycles. The molecule has 0 aliphatic rings. The van der Waals surface area contributed by atoms with E-state index in [0.717, 1.165) is 0 Å². The smallest absolute Gasteiger partial charge is 0.136 e. The van der Waals surface area contributed by atoms with E-state index in [1.165, 1.54) is 0 Å². The van der Waals surface area contributed by atoms with E-state index in [1.54, 1.807) is 48.5 Å². The molecule has 8 aromatic carbocycles. The molecular weight excluding hydrogens is 496 g/mol. The molecule has 0 N–H and O–H groups in total. The number of benzene rings is 8. The van der Waals surface area contributed by atoms with Gasteiger partial charge in [-0.2, -0.15) is 0 Å². The Morgan fingerprint density at radius 3 is 2.12 bits per heavy atom. The van der Waals surface area contributed by atoms with Crippen LogP contribution in [0.1, 0.15) is 21.9 Å². The van der Waals surface area contributed by atoms with Gasteiger partial charge in [0.1, 0.15) is 11.2 Å². The Morgan fingerprint density at radius 2 is 1.22 bits per heavy atom. The standard InChI is InChI=1S/C40H24O/c1-2-10-25(11-3-1)29-17-8-14-28-23-36-38(24-34(28)29)41-37-19-9-18-33(40(36)37)39-31-16-7-5-13-27(31)22-35-30-15-6-4-12-26(30)20-21-32(35)39/h1-24H/i1D,2D,3D,4D,5D,6D,7D,10D,11D,12D,13D,15D,16D,20D,21D,22D. The van der Waals surface area contributed by atoms with E-state index in [9.17, 15) is 2.74 Å². The van der Waals surface area contributed by atoms with Crippen LogP contribution in [-0.2, 0) is 0 Å². The summed E-state index contributed by atoms with van der Waals surface area (Å²) in [5.41, 5.74) is 1.32. The van der Waals surface area contributed by atoms with Gasteiger partial charge in [0.25, 0.3) is 0 Å². The molecule has 190 valence electrons. The van der Waals surface area contributed by atoms with Gasteiger partial charge in [0.15, 0.2) is 0 Å². The summed E-state index contributed by atoms with van der Waals surface area (Å²) in [7, 11) is 0. The van der Waals surface area contributed by atoms with Crippen LogP contribution in [-0.4, -0.2) is 0 Å². The van der Waals surface area contributed by atoms with Gasteiger partial charge in [0, 0.05) is 10.8 Å². The highest BCUT2D eigenvalue weighted by atomic mass is 16.3. The molecule has 9 aromatic rings. The molecule has 1 aromatic heterocycles. The molecule has 0 radical (unpaired) electrons. The van der Waals surface area contributed by atoms with E-state index in [2.05, 4.69) is 0 Å². The van der Waals surface area contributed by atoms with Gasteiger partial charge in [0.05, 0.1) is 21.9 Å².